The number of aromatic nitrogens is 2. The zero-order valence-electron chi connectivity index (χ0n) is 13.1. The number of rotatable bonds is 3. The van der Waals surface area contributed by atoms with Crippen LogP contribution in [0.1, 0.15) is 74.1 Å². The van der Waals surface area contributed by atoms with Crippen molar-refractivity contribution in [1.29, 1.82) is 0 Å². The van der Waals surface area contributed by atoms with E-state index in [2.05, 4.69) is 9.88 Å². The molecular weight excluding hydrogens is 262 g/mol. The van der Waals surface area contributed by atoms with Crippen LogP contribution in [0.2, 0.25) is 0 Å². The van der Waals surface area contributed by atoms with Crippen molar-refractivity contribution in [2.75, 3.05) is 13.7 Å². The maximum atomic E-state index is 5.60. The van der Waals surface area contributed by atoms with E-state index in [9.17, 15) is 0 Å². The molecule has 0 bridgehead atoms. The van der Waals surface area contributed by atoms with Crippen molar-refractivity contribution in [3.8, 4) is 0 Å². The third kappa shape index (κ3) is 2.42. The maximum Gasteiger partial charge on any atom is 0.112 e. The summed E-state index contributed by atoms with van der Waals surface area (Å²) in [6.45, 7) is 2.06. The van der Waals surface area contributed by atoms with Gasteiger partial charge in [0.25, 0.3) is 0 Å². The molecule has 4 nitrogen and oxygen atoms in total. The molecule has 2 saturated carbocycles. The first-order chi connectivity index (χ1) is 10.4. The van der Waals surface area contributed by atoms with Crippen molar-refractivity contribution in [2.45, 2.75) is 76.0 Å². The van der Waals surface area contributed by atoms with Crippen LogP contribution in [0.4, 0.5) is 0 Å². The molecule has 0 radical (unpaired) electrons. The van der Waals surface area contributed by atoms with E-state index in [1.54, 1.807) is 0 Å². The van der Waals surface area contributed by atoms with Gasteiger partial charge in [-0.25, -0.2) is 4.98 Å². The number of ether oxygens (including phenoxy) is 1. The van der Waals surface area contributed by atoms with Gasteiger partial charge in [0.15, 0.2) is 0 Å². The Kier molecular flexibility index (Phi) is 3.76. The predicted molar refractivity (Wildman–Crippen MR) is 82.5 cm³/mol. The highest BCUT2D eigenvalue weighted by molar-refractivity contribution is 5.24. The van der Waals surface area contributed by atoms with Crippen LogP contribution in [0.5, 0.6) is 0 Å². The zero-order chi connectivity index (χ0) is 14.2. The molecule has 0 spiro atoms. The van der Waals surface area contributed by atoms with Gasteiger partial charge in [0.05, 0.1) is 11.8 Å². The van der Waals surface area contributed by atoms with Crippen LogP contribution in [-0.4, -0.2) is 29.3 Å². The maximum absolute atomic E-state index is 5.60. The van der Waals surface area contributed by atoms with Crippen molar-refractivity contribution >= 4 is 0 Å². The van der Waals surface area contributed by atoms with Gasteiger partial charge in [0.2, 0.25) is 0 Å². The van der Waals surface area contributed by atoms with E-state index in [1.165, 1.54) is 62.2 Å². The van der Waals surface area contributed by atoms with Crippen LogP contribution in [0.15, 0.2) is 0 Å². The molecule has 1 aromatic heterocycles. The highest BCUT2D eigenvalue weighted by Crippen LogP contribution is 2.40. The van der Waals surface area contributed by atoms with E-state index >= 15 is 0 Å². The highest BCUT2D eigenvalue weighted by Gasteiger charge is 2.34. The lowest BCUT2D eigenvalue weighted by atomic mass is 10.1. The number of hydrogen-bond donors (Lipinski definition) is 1. The summed E-state index contributed by atoms with van der Waals surface area (Å²) in [5.41, 5.74) is 2.85. The molecule has 2 atom stereocenters. The summed E-state index contributed by atoms with van der Waals surface area (Å²) in [7, 11) is 1.86. The third-order valence-corrected chi connectivity index (χ3v) is 5.73. The number of fused-ring (bicyclic) bond motifs is 1. The van der Waals surface area contributed by atoms with Gasteiger partial charge < -0.3 is 14.6 Å². The molecule has 2 fully saturated rings. The van der Waals surface area contributed by atoms with Crippen molar-refractivity contribution in [2.24, 2.45) is 0 Å². The number of methoxy groups -OCH3 is 1. The lowest BCUT2D eigenvalue weighted by Gasteiger charge is -2.23. The molecule has 2 heterocycles. The predicted octanol–water partition coefficient (Wildman–Crippen LogP) is 2.93. The monoisotopic (exact) mass is 289 g/mol. The minimum absolute atomic E-state index is 0.450. The van der Waals surface area contributed by atoms with Crippen molar-refractivity contribution in [3.05, 3.63) is 17.2 Å². The molecule has 0 amide bonds. The highest BCUT2D eigenvalue weighted by atomic mass is 16.5. The fraction of sp³-hybridized carbons (Fsp3) is 0.824. The Labute approximate surface area is 127 Å². The van der Waals surface area contributed by atoms with E-state index < -0.39 is 0 Å². The van der Waals surface area contributed by atoms with Crippen LogP contribution in [0, 0.1) is 0 Å². The Morgan fingerprint density at radius 1 is 1.19 bits per heavy atom. The van der Waals surface area contributed by atoms with E-state index in [1.807, 2.05) is 7.11 Å². The molecule has 2 aliphatic carbocycles. The van der Waals surface area contributed by atoms with Gasteiger partial charge in [-0.1, -0.05) is 12.8 Å². The zero-order valence-corrected chi connectivity index (χ0v) is 13.1. The van der Waals surface area contributed by atoms with Crippen molar-refractivity contribution in [1.82, 2.24) is 14.9 Å². The van der Waals surface area contributed by atoms with E-state index in [0.717, 1.165) is 19.5 Å². The average molecular weight is 289 g/mol. The molecule has 1 N–H and O–H groups in total. The standard InChI is InChI=1S/C17H27N3O/c1-21-14-7-6-13(10-14)20-16-8-9-18-11-15(16)19-17(20)12-4-2-3-5-12/h12-14,18H,2-11H2,1H3. The first-order valence-electron chi connectivity index (χ1n) is 8.70. The Balaban J connectivity index is 1.70. The lowest BCUT2D eigenvalue weighted by molar-refractivity contribution is 0.105. The average Bonchev–Trinajstić information content (AvgIpc) is 3.24. The molecule has 1 aliphatic heterocycles. The Morgan fingerprint density at radius 2 is 2.05 bits per heavy atom. The van der Waals surface area contributed by atoms with Crippen LogP contribution in [0.25, 0.3) is 0 Å². The molecule has 3 aliphatic rings. The molecule has 2 unspecified atom stereocenters. The Hall–Kier alpha value is -0.870. The summed E-state index contributed by atoms with van der Waals surface area (Å²) >= 11 is 0. The van der Waals surface area contributed by atoms with Crippen LogP contribution >= 0.6 is 0 Å². The minimum atomic E-state index is 0.450. The molecule has 0 saturated heterocycles. The van der Waals surface area contributed by atoms with Gasteiger partial charge in [-0.05, 0) is 32.1 Å². The van der Waals surface area contributed by atoms with Gasteiger partial charge in [0.1, 0.15) is 5.82 Å². The van der Waals surface area contributed by atoms with E-state index in [0.29, 0.717) is 18.1 Å². The third-order valence-electron chi connectivity index (χ3n) is 5.73. The van der Waals surface area contributed by atoms with Gasteiger partial charge in [-0.15, -0.1) is 0 Å². The summed E-state index contributed by atoms with van der Waals surface area (Å²) in [5, 5.41) is 3.48. The Morgan fingerprint density at radius 3 is 2.81 bits per heavy atom. The normalized spacial score (nSPS) is 30.0. The van der Waals surface area contributed by atoms with Gasteiger partial charge in [0, 0.05) is 44.3 Å². The fourth-order valence-electron chi connectivity index (χ4n) is 4.60. The fourth-order valence-corrected chi connectivity index (χ4v) is 4.60. The van der Waals surface area contributed by atoms with Gasteiger partial charge in [-0.2, -0.15) is 0 Å². The summed E-state index contributed by atoms with van der Waals surface area (Å²) in [5.74, 6) is 2.11. The van der Waals surface area contributed by atoms with Crippen LogP contribution in [0.3, 0.4) is 0 Å². The largest absolute Gasteiger partial charge is 0.381 e. The van der Waals surface area contributed by atoms with Gasteiger partial charge in [-0.3, -0.25) is 0 Å². The smallest absolute Gasteiger partial charge is 0.112 e. The molecule has 1 aromatic rings. The van der Waals surface area contributed by atoms with Crippen LogP contribution < -0.4 is 5.32 Å². The quantitative estimate of drug-likeness (QED) is 0.930. The number of hydrogen-bond acceptors (Lipinski definition) is 3. The molecule has 4 rings (SSSR count). The first-order valence-corrected chi connectivity index (χ1v) is 8.70. The Bertz CT molecular complexity index is 504. The lowest BCUT2D eigenvalue weighted by Crippen LogP contribution is -2.26. The summed E-state index contributed by atoms with van der Waals surface area (Å²) in [4.78, 5) is 5.09. The molecular formula is C17H27N3O. The summed E-state index contributed by atoms with van der Waals surface area (Å²) < 4.78 is 8.26. The molecule has 21 heavy (non-hydrogen) atoms. The first kappa shape index (κ1) is 13.8. The topological polar surface area (TPSA) is 39.1 Å². The number of nitrogens with zero attached hydrogens (tertiary/aromatic N) is 2. The van der Waals surface area contributed by atoms with E-state index in [4.69, 9.17) is 9.72 Å². The second kappa shape index (κ2) is 5.73. The van der Waals surface area contributed by atoms with E-state index in [-0.39, 0.29) is 0 Å². The molecule has 116 valence electrons. The second-order valence-electron chi connectivity index (χ2n) is 6.97. The molecule has 4 heteroatoms. The second-order valence-corrected chi connectivity index (χ2v) is 6.97. The molecule has 0 aromatic carbocycles. The SMILES string of the molecule is COC1CCC(n2c(C3CCCC3)nc3c2CCNC3)C1. The van der Waals surface area contributed by atoms with Crippen molar-refractivity contribution < 1.29 is 4.74 Å². The minimum Gasteiger partial charge on any atom is -0.381 e. The number of imidazole rings is 1. The number of nitrogens with one attached hydrogen (secondary N) is 1. The van der Waals surface area contributed by atoms with Crippen LogP contribution in [-0.2, 0) is 17.7 Å². The van der Waals surface area contributed by atoms with Gasteiger partial charge >= 0.3 is 0 Å². The summed E-state index contributed by atoms with van der Waals surface area (Å²) in [6.07, 6.45) is 10.7. The van der Waals surface area contributed by atoms with Crippen molar-refractivity contribution in [3.63, 3.8) is 0 Å². The summed E-state index contributed by atoms with van der Waals surface area (Å²) in [6, 6.07) is 0.625.